The lowest BCUT2D eigenvalue weighted by atomic mass is 9.52. The second-order valence-electron chi connectivity index (χ2n) is 8.65. The van der Waals surface area contributed by atoms with E-state index in [1.807, 2.05) is 6.08 Å². The maximum absolute atomic E-state index is 12.9. The molecule has 4 nitrogen and oxygen atoms in total. The molecule has 0 aromatic rings. The van der Waals surface area contributed by atoms with E-state index in [0.717, 1.165) is 38.5 Å². The van der Waals surface area contributed by atoms with Crippen molar-refractivity contribution in [3.05, 3.63) is 11.6 Å². The fourth-order valence-electron chi connectivity index (χ4n) is 6.51. The Morgan fingerprint density at radius 1 is 1.21 bits per heavy atom. The van der Waals surface area contributed by atoms with Crippen LogP contribution in [0, 0.1) is 35.0 Å². The third-order valence-corrected chi connectivity index (χ3v) is 7.58. The first-order valence-corrected chi connectivity index (χ1v) is 9.39. The lowest BCUT2D eigenvalue weighted by molar-refractivity contribution is -0.142. The second kappa shape index (κ2) is 5.53. The van der Waals surface area contributed by atoms with Crippen LogP contribution in [0.4, 0.5) is 0 Å². The first kappa shape index (κ1) is 16.0. The van der Waals surface area contributed by atoms with Crippen molar-refractivity contribution in [2.24, 2.45) is 35.0 Å². The van der Waals surface area contributed by atoms with Gasteiger partial charge in [0.25, 0.3) is 0 Å². The quantitative estimate of drug-likeness (QED) is 0.842. The Kier molecular flexibility index (Phi) is 3.70. The maximum Gasteiger partial charge on any atom is 0.304 e. The molecular weight excluding hydrogens is 304 g/mol. The van der Waals surface area contributed by atoms with Gasteiger partial charge >= 0.3 is 5.97 Å². The van der Waals surface area contributed by atoms with E-state index in [1.165, 1.54) is 5.57 Å². The van der Waals surface area contributed by atoms with Crippen molar-refractivity contribution in [2.75, 3.05) is 0 Å². The molecule has 4 aliphatic carbocycles. The molecule has 0 amide bonds. The van der Waals surface area contributed by atoms with Gasteiger partial charge in [0.2, 0.25) is 0 Å². The molecule has 0 aromatic carbocycles. The molecule has 0 aliphatic heterocycles. The minimum absolute atomic E-state index is 0.00854. The number of rotatable bonds is 2. The van der Waals surface area contributed by atoms with E-state index in [9.17, 15) is 14.4 Å². The molecule has 24 heavy (non-hydrogen) atoms. The summed E-state index contributed by atoms with van der Waals surface area (Å²) in [5.41, 5.74) is 1.04. The van der Waals surface area contributed by atoms with E-state index >= 15 is 0 Å². The minimum Gasteiger partial charge on any atom is -0.481 e. The Labute approximate surface area is 142 Å². The highest BCUT2D eigenvalue weighted by Crippen LogP contribution is 2.61. The number of fused-ring (bicyclic) bond motifs is 5. The van der Waals surface area contributed by atoms with E-state index in [1.54, 1.807) is 0 Å². The van der Waals surface area contributed by atoms with Crippen molar-refractivity contribution in [3.63, 3.8) is 0 Å². The van der Waals surface area contributed by atoms with E-state index < -0.39 is 5.97 Å². The summed E-state index contributed by atoms with van der Waals surface area (Å²) in [7, 11) is 0. The molecular formula is C20H26O4. The van der Waals surface area contributed by atoms with Gasteiger partial charge in [-0.25, -0.2) is 0 Å². The number of carboxylic acids is 1. The van der Waals surface area contributed by atoms with Crippen LogP contribution < -0.4 is 0 Å². The molecule has 0 radical (unpaired) electrons. The smallest absolute Gasteiger partial charge is 0.304 e. The predicted octanol–water partition coefficient (Wildman–Crippen LogP) is 3.40. The van der Waals surface area contributed by atoms with Crippen LogP contribution in [-0.4, -0.2) is 22.6 Å². The summed E-state index contributed by atoms with van der Waals surface area (Å²) in [4.78, 5) is 35.7. The van der Waals surface area contributed by atoms with Gasteiger partial charge in [-0.2, -0.15) is 0 Å². The third kappa shape index (κ3) is 2.29. The maximum atomic E-state index is 12.9. The normalized spacial score (nSPS) is 44.4. The summed E-state index contributed by atoms with van der Waals surface area (Å²) in [6, 6.07) is 0. The molecule has 4 heteroatoms. The number of allylic oxidation sites excluding steroid dienone is 1. The van der Waals surface area contributed by atoms with Crippen molar-refractivity contribution in [1.82, 2.24) is 0 Å². The lowest BCUT2D eigenvalue weighted by Gasteiger charge is -2.52. The number of Topliss-reactive ketones (excluding diaryl/α,β-unsaturated/α-hetero) is 1. The molecule has 130 valence electrons. The van der Waals surface area contributed by atoms with Crippen molar-refractivity contribution in [3.8, 4) is 0 Å². The number of aliphatic carboxylic acids is 1. The van der Waals surface area contributed by atoms with Crippen LogP contribution in [0.5, 0.6) is 0 Å². The Balaban J connectivity index is 1.60. The molecule has 5 unspecified atom stereocenters. The molecule has 6 atom stereocenters. The van der Waals surface area contributed by atoms with Crippen LogP contribution >= 0.6 is 0 Å². The topological polar surface area (TPSA) is 71.4 Å². The van der Waals surface area contributed by atoms with Gasteiger partial charge < -0.3 is 5.11 Å². The zero-order chi connectivity index (χ0) is 17.1. The summed E-state index contributed by atoms with van der Waals surface area (Å²) >= 11 is 0. The highest BCUT2D eigenvalue weighted by atomic mass is 16.4. The van der Waals surface area contributed by atoms with E-state index in [4.69, 9.17) is 5.11 Å². The average molecular weight is 330 g/mol. The number of carbonyl (C=O) groups excluding carboxylic acids is 2. The van der Waals surface area contributed by atoms with Crippen LogP contribution in [0.15, 0.2) is 11.6 Å². The third-order valence-electron chi connectivity index (χ3n) is 7.58. The number of hydrogen-bond acceptors (Lipinski definition) is 3. The Bertz CT molecular complexity index is 634. The Morgan fingerprint density at radius 2 is 2.00 bits per heavy atom. The van der Waals surface area contributed by atoms with Crippen molar-refractivity contribution in [2.45, 2.75) is 58.3 Å². The van der Waals surface area contributed by atoms with Crippen LogP contribution in [0.2, 0.25) is 0 Å². The summed E-state index contributed by atoms with van der Waals surface area (Å²) in [6.07, 6.45) is 8.28. The van der Waals surface area contributed by atoms with Gasteiger partial charge in [0, 0.05) is 17.8 Å². The van der Waals surface area contributed by atoms with Crippen LogP contribution in [0.1, 0.15) is 58.3 Å². The van der Waals surface area contributed by atoms with Gasteiger partial charge in [0.15, 0.2) is 5.78 Å². The zero-order valence-corrected chi connectivity index (χ0v) is 14.3. The van der Waals surface area contributed by atoms with Gasteiger partial charge in [0.05, 0.1) is 6.42 Å². The van der Waals surface area contributed by atoms with Gasteiger partial charge in [-0.05, 0) is 68.3 Å². The fraction of sp³-hybridized carbons (Fsp3) is 0.750. The van der Waals surface area contributed by atoms with Gasteiger partial charge in [0.1, 0.15) is 5.78 Å². The van der Waals surface area contributed by atoms with E-state index in [-0.39, 0.29) is 29.3 Å². The summed E-state index contributed by atoms with van der Waals surface area (Å²) in [5, 5.41) is 9.13. The van der Waals surface area contributed by atoms with Gasteiger partial charge in [-0.3, -0.25) is 14.4 Å². The first-order valence-electron chi connectivity index (χ1n) is 9.39. The molecule has 3 saturated carbocycles. The minimum atomic E-state index is -0.855. The van der Waals surface area contributed by atoms with Crippen molar-refractivity contribution in [1.29, 1.82) is 0 Å². The van der Waals surface area contributed by atoms with E-state index in [0.29, 0.717) is 30.1 Å². The molecule has 0 saturated heterocycles. The number of carbonyl (C=O) groups is 3. The van der Waals surface area contributed by atoms with Crippen molar-refractivity contribution >= 4 is 17.5 Å². The number of hydrogen-bond donors (Lipinski definition) is 1. The van der Waals surface area contributed by atoms with Crippen LogP contribution in [0.25, 0.3) is 0 Å². The molecule has 4 rings (SSSR count). The first-order chi connectivity index (χ1) is 11.4. The van der Waals surface area contributed by atoms with Gasteiger partial charge in [-0.1, -0.05) is 12.5 Å². The molecule has 0 spiro atoms. The average Bonchev–Trinajstić information content (AvgIpc) is 2.78. The monoisotopic (exact) mass is 330 g/mol. The van der Waals surface area contributed by atoms with Crippen LogP contribution in [0.3, 0.4) is 0 Å². The predicted molar refractivity (Wildman–Crippen MR) is 88.2 cm³/mol. The SMILES string of the molecule is C[C@]12CCC3C4CCC(=O)C=C4CCC3C1CC(CC(=O)O)C2=O. The molecule has 0 aromatic heterocycles. The van der Waals surface area contributed by atoms with E-state index in [2.05, 4.69) is 6.92 Å². The fourth-order valence-corrected chi connectivity index (χ4v) is 6.51. The largest absolute Gasteiger partial charge is 0.481 e. The Hall–Kier alpha value is -1.45. The van der Waals surface area contributed by atoms with Crippen molar-refractivity contribution < 1.29 is 19.5 Å². The Morgan fingerprint density at radius 3 is 2.75 bits per heavy atom. The summed E-state index contributed by atoms with van der Waals surface area (Å²) in [5.74, 6) is 1.32. The molecule has 1 N–H and O–H groups in total. The molecule has 0 heterocycles. The second-order valence-corrected chi connectivity index (χ2v) is 8.65. The van der Waals surface area contributed by atoms with Gasteiger partial charge in [-0.15, -0.1) is 0 Å². The molecule has 3 fully saturated rings. The highest BCUT2D eigenvalue weighted by molar-refractivity contribution is 5.92. The summed E-state index contributed by atoms with van der Waals surface area (Å²) < 4.78 is 0. The molecule has 4 aliphatic rings. The highest BCUT2D eigenvalue weighted by Gasteiger charge is 2.59. The van der Waals surface area contributed by atoms with Crippen LogP contribution in [-0.2, 0) is 14.4 Å². The zero-order valence-electron chi connectivity index (χ0n) is 14.3. The number of ketones is 2. The number of carboxylic acid groups (broad SMARTS) is 1. The standard InChI is InChI=1S/C20H26O4/c1-20-7-6-15-14-5-3-13(21)8-11(14)2-4-16(15)17(20)9-12(19(20)24)10-18(22)23/h8,12,14-17H,2-7,9-10H2,1H3,(H,22,23)/t12?,14?,15?,16?,17?,20-/m0/s1. The summed E-state index contributed by atoms with van der Waals surface area (Å²) in [6.45, 7) is 2.09. The molecule has 0 bridgehead atoms. The lowest BCUT2D eigenvalue weighted by Crippen LogP contribution is -2.46.